The van der Waals surface area contributed by atoms with E-state index in [1.54, 1.807) is 10.8 Å². The second kappa shape index (κ2) is 4.73. The molecule has 0 unspecified atom stereocenters. The molecule has 14 heavy (non-hydrogen) atoms. The van der Waals surface area contributed by atoms with Crippen LogP contribution in [0.3, 0.4) is 0 Å². The molecule has 0 aliphatic rings. The van der Waals surface area contributed by atoms with Crippen LogP contribution in [-0.2, 0) is 6.54 Å². The highest BCUT2D eigenvalue weighted by molar-refractivity contribution is 8.00. The van der Waals surface area contributed by atoms with Gasteiger partial charge in [0.1, 0.15) is 0 Å². The lowest BCUT2D eigenvalue weighted by atomic mass is 10.0. The second-order valence-corrected chi connectivity index (χ2v) is 4.76. The third-order valence-electron chi connectivity index (χ3n) is 2.90. The van der Waals surface area contributed by atoms with Gasteiger partial charge in [0.25, 0.3) is 0 Å². The number of hydrogen-bond donors (Lipinski definition) is 1. The summed E-state index contributed by atoms with van der Waals surface area (Å²) >= 11 is 1.85. The van der Waals surface area contributed by atoms with Gasteiger partial charge < -0.3 is 4.98 Å². The molecule has 0 aliphatic heterocycles. The van der Waals surface area contributed by atoms with Gasteiger partial charge in [-0.15, -0.1) is 0 Å². The Morgan fingerprint density at radius 1 is 1.50 bits per heavy atom. The van der Waals surface area contributed by atoms with Crippen molar-refractivity contribution in [3.63, 3.8) is 0 Å². The Bertz CT molecular complexity index is 317. The SMILES string of the molecule is CCC(CC)(Cn1cc[nH]c1=O)SC. The van der Waals surface area contributed by atoms with Crippen LogP contribution in [0.15, 0.2) is 17.2 Å². The molecule has 0 atom stereocenters. The molecule has 1 N–H and O–H groups in total. The molecule has 0 fully saturated rings. The number of imidazole rings is 1. The van der Waals surface area contributed by atoms with Crippen molar-refractivity contribution in [3.8, 4) is 0 Å². The van der Waals surface area contributed by atoms with E-state index in [2.05, 4.69) is 25.1 Å². The normalized spacial score (nSPS) is 11.9. The van der Waals surface area contributed by atoms with E-state index in [-0.39, 0.29) is 10.4 Å². The van der Waals surface area contributed by atoms with E-state index in [0.29, 0.717) is 0 Å². The first-order valence-corrected chi connectivity index (χ1v) is 6.19. The van der Waals surface area contributed by atoms with Crippen LogP contribution in [0, 0.1) is 0 Å². The number of thioether (sulfide) groups is 1. The minimum absolute atomic E-state index is 0.00896. The van der Waals surface area contributed by atoms with Gasteiger partial charge in [-0.3, -0.25) is 4.57 Å². The van der Waals surface area contributed by atoms with Crippen LogP contribution < -0.4 is 5.69 Å². The topological polar surface area (TPSA) is 37.8 Å². The molecule has 1 rings (SSSR count). The summed E-state index contributed by atoms with van der Waals surface area (Å²) in [5.74, 6) is 0. The minimum Gasteiger partial charge on any atom is -0.313 e. The maximum atomic E-state index is 11.3. The van der Waals surface area contributed by atoms with Gasteiger partial charge in [0.2, 0.25) is 0 Å². The van der Waals surface area contributed by atoms with Crippen LogP contribution in [-0.4, -0.2) is 20.6 Å². The zero-order valence-electron chi connectivity index (χ0n) is 9.04. The van der Waals surface area contributed by atoms with Crippen LogP contribution in [0.2, 0.25) is 0 Å². The summed E-state index contributed by atoms with van der Waals surface area (Å²) in [6.45, 7) is 5.15. The number of nitrogens with one attached hydrogen (secondary N) is 1. The largest absolute Gasteiger partial charge is 0.325 e. The van der Waals surface area contributed by atoms with E-state index in [9.17, 15) is 4.79 Å². The molecule has 0 bridgehead atoms. The average molecular weight is 214 g/mol. The van der Waals surface area contributed by atoms with Crippen molar-refractivity contribution in [2.24, 2.45) is 0 Å². The monoisotopic (exact) mass is 214 g/mol. The van der Waals surface area contributed by atoms with E-state index in [4.69, 9.17) is 0 Å². The van der Waals surface area contributed by atoms with Crippen molar-refractivity contribution in [1.82, 2.24) is 9.55 Å². The highest BCUT2D eigenvalue weighted by Gasteiger charge is 2.25. The van der Waals surface area contributed by atoms with Gasteiger partial charge in [-0.1, -0.05) is 13.8 Å². The first-order chi connectivity index (χ1) is 6.67. The van der Waals surface area contributed by atoms with E-state index in [1.807, 2.05) is 18.0 Å². The summed E-state index contributed by atoms with van der Waals surface area (Å²) in [4.78, 5) is 14.0. The number of nitrogens with zero attached hydrogens (tertiary/aromatic N) is 1. The lowest BCUT2D eigenvalue weighted by molar-refractivity contribution is 0.459. The molecule has 80 valence electrons. The fourth-order valence-corrected chi connectivity index (χ4v) is 2.46. The quantitative estimate of drug-likeness (QED) is 0.815. The standard InChI is InChI=1S/C10H18N2OS/c1-4-10(5-2,14-3)8-12-7-6-11-9(12)13/h6-7H,4-5,8H2,1-3H3,(H,11,13). The molecule has 1 heterocycles. The third kappa shape index (κ3) is 2.23. The zero-order chi connectivity index (χ0) is 10.6. The van der Waals surface area contributed by atoms with E-state index in [1.165, 1.54) is 0 Å². The molecule has 0 aromatic carbocycles. The highest BCUT2D eigenvalue weighted by Crippen LogP contribution is 2.31. The van der Waals surface area contributed by atoms with Gasteiger partial charge in [-0.25, -0.2) is 4.79 Å². The smallest absolute Gasteiger partial charge is 0.313 e. The molecule has 0 saturated heterocycles. The fraction of sp³-hybridized carbons (Fsp3) is 0.700. The Balaban J connectivity index is 2.84. The Morgan fingerprint density at radius 2 is 2.14 bits per heavy atom. The Labute approximate surface area is 88.9 Å². The summed E-state index contributed by atoms with van der Waals surface area (Å²) in [5, 5.41) is 0. The number of H-pyrrole nitrogens is 1. The number of hydrogen-bond acceptors (Lipinski definition) is 2. The summed E-state index contributed by atoms with van der Waals surface area (Å²) < 4.78 is 1.95. The van der Waals surface area contributed by atoms with Gasteiger partial charge >= 0.3 is 5.69 Å². The van der Waals surface area contributed by atoms with Gasteiger partial charge in [0.15, 0.2) is 0 Å². The summed E-state index contributed by atoms with van der Waals surface area (Å²) in [6.07, 6.45) is 7.80. The van der Waals surface area contributed by atoms with Crippen LogP contribution in [0.5, 0.6) is 0 Å². The van der Waals surface area contributed by atoms with Gasteiger partial charge in [0.05, 0.1) is 0 Å². The van der Waals surface area contributed by atoms with Crippen LogP contribution in [0.25, 0.3) is 0 Å². The maximum Gasteiger partial charge on any atom is 0.325 e. The summed E-state index contributed by atoms with van der Waals surface area (Å²) in [7, 11) is 0. The minimum atomic E-state index is -0.00896. The van der Waals surface area contributed by atoms with E-state index in [0.717, 1.165) is 19.4 Å². The number of aromatic amines is 1. The molecule has 0 saturated carbocycles. The van der Waals surface area contributed by atoms with Crippen molar-refractivity contribution < 1.29 is 0 Å². The van der Waals surface area contributed by atoms with Crippen LogP contribution in [0.1, 0.15) is 26.7 Å². The number of aromatic nitrogens is 2. The summed E-state index contributed by atoms with van der Waals surface area (Å²) in [5.41, 5.74) is -0.00896. The lowest BCUT2D eigenvalue weighted by Gasteiger charge is -2.29. The molecule has 0 aliphatic carbocycles. The Hall–Kier alpha value is -0.640. The van der Waals surface area contributed by atoms with Crippen molar-refractivity contribution in [2.75, 3.05) is 6.26 Å². The Morgan fingerprint density at radius 3 is 2.50 bits per heavy atom. The van der Waals surface area contributed by atoms with Gasteiger partial charge in [0, 0.05) is 23.7 Å². The van der Waals surface area contributed by atoms with Crippen molar-refractivity contribution in [2.45, 2.75) is 38.0 Å². The van der Waals surface area contributed by atoms with Crippen molar-refractivity contribution in [3.05, 3.63) is 22.9 Å². The van der Waals surface area contributed by atoms with Crippen LogP contribution >= 0.6 is 11.8 Å². The van der Waals surface area contributed by atoms with Crippen molar-refractivity contribution in [1.29, 1.82) is 0 Å². The molecule has 3 nitrogen and oxygen atoms in total. The van der Waals surface area contributed by atoms with Crippen LogP contribution in [0.4, 0.5) is 0 Å². The summed E-state index contributed by atoms with van der Waals surface area (Å²) in [6, 6.07) is 0. The molecular formula is C10H18N2OS. The molecular weight excluding hydrogens is 196 g/mol. The van der Waals surface area contributed by atoms with Gasteiger partial charge in [-0.05, 0) is 19.1 Å². The third-order valence-corrected chi connectivity index (χ3v) is 4.47. The zero-order valence-corrected chi connectivity index (χ0v) is 9.86. The molecule has 0 radical (unpaired) electrons. The molecule has 1 aromatic rings. The highest BCUT2D eigenvalue weighted by atomic mass is 32.2. The maximum absolute atomic E-state index is 11.3. The van der Waals surface area contributed by atoms with Gasteiger partial charge in [-0.2, -0.15) is 11.8 Å². The predicted molar refractivity (Wildman–Crippen MR) is 61.9 cm³/mol. The second-order valence-electron chi connectivity index (χ2n) is 3.49. The van der Waals surface area contributed by atoms with Crippen molar-refractivity contribution >= 4 is 11.8 Å². The lowest BCUT2D eigenvalue weighted by Crippen LogP contribution is -2.33. The number of rotatable bonds is 5. The van der Waals surface area contributed by atoms with E-state index < -0.39 is 0 Å². The average Bonchev–Trinajstić information content (AvgIpc) is 2.61. The molecule has 0 amide bonds. The molecule has 1 aromatic heterocycles. The van der Waals surface area contributed by atoms with E-state index >= 15 is 0 Å². The first-order valence-electron chi connectivity index (χ1n) is 4.96. The molecule has 0 spiro atoms. The predicted octanol–water partition coefficient (Wildman–Crippen LogP) is 2.10. The Kier molecular flexibility index (Phi) is 3.86. The fourth-order valence-electron chi connectivity index (χ4n) is 1.61. The first kappa shape index (κ1) is 11.4. The molecule has 4 heteroatoms.